The van der Waals surface area contributed by atoms with Gasteiger partial charge in [0.25, 0.3) is 0 Å². The van der Waals surface area contributed by atoms with Crippen LogP contribution in [0.4, 0.5) is 0 Å². The second-order valence-electron chi connectivity index (χ2n) is 6.47. The molecule has 0 atom stereocenters. The van der Waals surface area contributed by atoms with E-state index in [9.17, 15) is 0 Å². The molecular formula is C14H19BClNO3. The van der Waals surface area contributed by atoms with Crippen LogP contribution in [-0.4, -0.2) is 36.5 Å². The number of nitrogens with zero attached hydrogens (tertiary/aromatic N) is 1. The molecule has 2 fully saturated rings. The van der Waals surface area contributed by atoms with Gasteiger partial charge in [0.15, 0.2) is 0 Å². The minimum absolute atomic E-state index is 0.374. The lowest BCUT2D eigenvalue weighted by atomic mass is 9.82. The zero-order valence-electron chi connectivity index (χ0n) is 12.3. The van der Waals surface area contributed by atoms with Gasteiger partial charge in [0.2, 0.25) is 0 Å². The zero-order valence-corrected chi connectivity index (χ0v) is 13.0. The molecule has 3 heterocycles. The van der Waals surface area contributed by atoms with E-state index >= 15 is 0 Å². The molecule has 0 aromatic carbocycles. The Balaban J connectivity index is 1.89. The molecule has 6 heteroatoms. The van der Waals surface area contributed by atoms with Gasteiger partial charge in [-0.05, 0) is 45.4 Å². The summed E-state index contributed by atoms with van der Waals surface area (Å²) >= 11 is 6.13. The van der Waals surface area contributed by atoms with Gasteiger partial charge in [-0.2, -0.15) is 0 Å². The second-order valence-corrected chi connectivity index (χ2v) is 6.86. The minimum atomic E-state index is -0.474. The number of aromatic nitrogens is 1. The van der Waals surface area contributed by atoms with Gasteiger partial charge in [-0.3, -0.25) is 0 Å². The zero-order chi connectivity index (χ0) is 14.5. The van der Waals surface area contributed by atoms with Gasteiger partial charge in [0.05, 0.1) is 30.0 Å². The van der Waals surface area contributed by atoms with Crippen LogP contribution in [0.1, 0.15) is 39.2 Å². The molecular weight excluding hydrogens is 276 g/mol. The monoisotopic (exact) mass is 295 g/mol. The smallest absolute Gasteiger partial charge is 0.398 e. The van der Waals surface area contributed by atoms with Crippen LogP contribution in [0.25, 0.3) is 0 Å². The molecule has 20 heavy (non-hydrogen) atoms. The van der Waals surface area contributed by atoms with E-state index in [2.05, 4.69) is 4.98 Å². The van der Waals surface area contributed by atoms with Gasteiger partial charge < -0.3 is 14.0 Å². The molecule has 2 saturated heterocycles. The van der Waals surface area contributed by atoms with E-state index in [0.29, 0.717) is 11.1 Å². The maximum absolute atomic E-state index is 6.13. The van der Waals surface area contributed by atoms with Crippen molar-refractivity contribution in [2.75, 3.05) is 13.2 Å². The van der Waals surface area contributed by atoms with Crippen LogP contribution < -0.4 is 5.59 Å². The number of rotatable bonds is 2. The fraction of sp³-hybridized carbons (Fsp3) is 0.643. The van der Waals surface area contributed by atoms with Gasteiger partial charge in [-0.1, -0.05) is 11.6 Å². The maximum atomic E-state index is 6.13. The molecule has 1 aromatic rings. The Hall–Kier alpha value is -0.615. The van der Waals surface area contributed by atoms with Crippen LogP contribution in [0.15, 0.2) is 12.1 Å². The van der Waals surface area contributed by atoms with Crippen LogP contribution in [0, 0.1) is 0 Å². The highest BCUT2D eigenvalue weighted by molar-refractivity contribution is 6.61. The lowest BCUT2D eigenvalue weighted by Crippen LogP contribution is -2.41. The van der Waals surface area contributed by atoms with E-state index < -0.39 is 7.12 Å². The second kappa shape index (κ2) is 4.70. The number of halogens is 1. The van der Waals surface area contributed by atoms with E-state index in [0.717, 1.165) is 24.4 Å². The number of hydrogen-bond acceptors (Lipinski definition) is 4. The van der Waals surface area contributed by atoms with Crippen molar-refractivity contribution >= 4 is 24.3 Å². The lowest BCUT2D eigenvalue weighted by Gasteiger charge is -2.32. The number of hydrogen-bond donors (Lipinski definition) is 0. The number of ether oxygens (including phenoxy) is 1. The summed E-state index contributed by atoms with van der Waals surface area (Å²) in [7, 11) is -0.474. The van der Waals surface area contributed by atoms with Gasteiger partial charge >= 0.3 is 7.12 Å². The van der Waals surface area contributed by atoms with Crippen LogP contribution in [-0.2, 0) is 14.0 Å². The average molecular weight is 296 g/mol. The Bertz CT molecular complexity index is 515. The standard InChI is InChI=1S/C14H19BClNO3/c1-13(2)14(3,4)20-15(19-13)11-5-9(6-12(16)17-11)10-7-18-8-10/h5-6,10H,7-8H2,1-4H3. The van der Waals surface area contributed by atoms with Crippen LogP contribution in [0.5, 0.6) is 0 Å². The quantitative estimate of drug-likeness (QED) is 0.619. The van der Waals surface area contributed by atoms with Crippen molar-refractivity contribution in [3.63, 3.8) is 0 Å². The van der Waals surface area contributed by atoms with E-state index in [1.54, 1.807) is 0 Å². The Morgan fingerprint density at radius 3 is 2.25 bits per heavy atom. The van der Waals surface area contributed by atoms with Crippen molar-refractivity contribution in [1.82, 2.24) is 4.98 Å². The summed E-state index contributed by atoms with van der Waals surface area (Å²) in [5.74, 6) is 0.400. The largest absolute Gasteiger partial charge is 0.514 e. The van der Waals surface area contributed by atoms with Gasteiger partial charge in [0, 0.05) is 5.92 Å². The van der Waals surface area contributed by atoms with E-state index in [1.807, 2.05) is 39.8 Å². The normalized spacial score (nSPS) is 24.8. The molecule has 0 amide bonds. The van der Waals surface area contributed by atoms with Crippen molar-refractivity contribution in [2.45, 2.75) is 44.8 Å². The molecule has 0 bridgehead atoms. The predicted octanol–water partition coefficient (Wildman–Crippen LogP) is 2.15. The summed E-state index contributed by atoms with van der Waals surface area (Å²) in [6.45, 7) is 9.58. The van der Waals surface area contributed by atoms with Gasteiger partial charge in [0.1, 0.15) is 5.15 Å². The van der Waals surface area contributed by atoms with Crippen molar-refractivity contribution in [3.8, 4) is 0 Å². The third-order valence-corrected chi connectivity index (χ3v) is 4.63. The van der Waals surface area contributed by atoms with Crippen LogP contribution in [0.2, 0.25) is 5.15 Å². The van der Waals surface area contributed by atoms with Crippen LogP contribution in [0.3, 0.4) is 0 Å². The third kappa shape index (κ3) is 2.37. The molecule has 0 saturated carbocycles. The third-order valence-electron chi connectivity index (χ3n) is 4.44. The molecule has 108 valence electrons. The Morgan fingerprint density at radius 1 is 1.15 bits per heavy atom. The molecule has 0 aliphatic carbocycles. The molecule has 2 aliphatic heterocycles. The van der Waals surface area contributed by atoms with Crippen molar-refractivity contribution in [3.05, 3.63) is 22.8 Å². The fourth-order valence-corrected chi connectivity index (χ4v) is 2.51. The van der Waals surface area contributed by atoms with Gasteiger partial charge in [-0.25, -0.2) is 4.98 Å². The summed E-state index contributed by atoms with van der Waals surface area (Å²) in [6.07, 6.45) is 0. The summed E-state index contributed by atoms with van der Waals surface area (Å²) < 4.78 is 17.3. The van der Waals surface area contributed by atoms with Crippen molar-refractivity contribution in [1.29, 1.82) is 0 Å². The van der Waals surface area contributed by atoms with Gasteiger partial charge in [-0.15, -0.1) is 0 Å². The Morgan fingerprint density at radius 2 is 1.75 bits per heavy atom. The first-order chi connectivity index (χ1) is 9.28. The van der Waals surface area contributed by atoms with E-state index in [-0.39, 0.29) is 11.2 Å². The van der Waals surface area contributed by atoms with E-state index in [4.69, 9.17) is 25.6 Å². The molecule has 0 radical (unpaired) electrons. The SMILES string of the molecule is CC1(C)OB(c2cc(C3COC3)cc(Cl)n2)OC1(C)C. The summed E-state index contributed by atoms with van der Waals surface area (Å²) in [5.41, 5.74) is 1.13. The summed E-state index contributed by atoms with van der Waals surface area (Å²) in [5, 5.41) is 0.471. The topological polar surface area (TPSA) is 40.6 Å². The van der Waals surface area contributed by atoms with Crippen molar-refractivity contribution < 1.29 is 14.0 Å². The molecule has 1 aromatic heterocycles. The Labute approximate surface area is 124 Å². The fourth-order valence-electron chi connectivity index (χ4n) is 2.29. The minimum Gasteiger partial charge on any atom is -0.398 e. The lowest BCUT2D eigenvalue weighted by molar-refractivity contribution is 0.00578. The molecule has 0 unspecified atom stereocenters. The molecule has 3 rings (SSSR count). The first-order valence-electron chi connectivity index (χ1n) is 6.89. The molecule has 0 spiro atoms. The highest BCUT2D eigenvalue weighted by Gasteiger charge is 2.52. The molecule has 0 N–H and O–H groups in total. The van der Waals surface area contributed by atoms with E-state index in [1.165, 1.54) is 0 Å². The average Bonchev–Trinajstić information content (AvgIpc) is 2.45. The highest BCUT2D eigenvalue weighted by Crippen LogP contribution is 2.36. The van der Waals surface area contributed by atoms with Crippen LogP contribution >= 0.6 is 11.6 Å². The Kier molecular flexibility index (Phi) is 3.37. The molecule has 4 nitrogen and oxygen atoms in total. The number of pyridine rings is 1. The highest BCUT2D eigenvalue weighted by atomic mass is 35.5. The molecule has 2 aliphatic rings. The summed E-state index contributed by atoms with van der Waals surface area (Å²) in [6, 6.07) is 3.91. The predicted molar refractivity (Wildman–Crippen MR) is 78.5 cm³/mol. The van der Waals surface area contributed by atoms with Crippen molar-refractivity contribution in [2.24, 2.45) is 0 Å². The summed E-state index contributed by atoms with van der Waals surface area (Å²) in [4.78, 5) is 4.36. The first kappa shape index (κ1) is 14.3. The maximum Gasteiger partial charge on any atom is 0.514 e. The first-order valence-corrected chi connectivity index (χ1v) is 7.27.